The molecule has 4 aromatic carbocycles. The molecular formula is C34H32N2O8. The lowest BCUT2D eigenvalue weighted by Gasteiger charge is -2.25. The molecule has 0 radical (unpaired) electrons. The van der Waals surface area contributed by atoms with Crippen LogP contribution < -0.4 is 0 Å². The van der Waals surface area contributed by atoms with E-state index in [1.807, 2.05) is 0 Å². The fourth-order valence-corrected chi connectivity index (χ4v) is 6.60. The quantitative estimate of drug-likeness (QED) is 0.319. The summed E-state index contributed by atoms with van der Waals surface area (Å²) < 4.78 is 9.84. The predicted octanol–water partition coefficient (Wildman–Crippen LogP) is 4.63. The van der Waals surface area contributed by atoms with E-state index >= 15 is 0 Å². The molecule has 2 N–H and O–H groups in total. The maximum Gasteiger partial charge on any atom is 0.328 e. The topological polar surface area (TPSA) is 134 Å². The van der Waals surface area contributed by atoms with E-state index in [9.17, 15) is 29.4 Å². The van der Waals surface area contributed by atoms with Gasteiger partial charge in [0.2, 0.25) is 0 Å². The first-order valence-electron chi connectivity index (χ1n) is 14.5. The number of amides is 2. The number of methoxy groups -OCH3 is 2. The summed E-state index contributed by atoms with van der Waals surface area (Å²) in [6, 6.07) is 15.8. The van der Waals surface area contributed by atoms with E-state index in [2.05, 4.69) is 0 Å². The second kappa shape index (κ2) is 11.5. The van der Waals surface area contributed by atoms with Crippen molar-refractivity contribution in [2.24, 2.45) is 0 Å². The van der Waals surface area contributed by atoms with Gasteiger partial charge in [-0.1, -0.05) is 48.5 Å². The third-order valence-electron chi connectivity index (χ3n) is 8.73. The van der Waals surface area contributed by atoms with Gasteiger partial charge in [0.1, 0.15) is 23.6 Å². The van der Waals surface area contributed by atoms with Crippen LogP contribution in [0.3, 0.4) is 0 Å². The van der Waals surface area contributed by atoms with Gasteiger partial charge in [-0.2, -0.15) is 0 Å². The molecule has 0 unspecified atom stereocenters. The van der Waals surface area contributed by atoms with Gasteiger partial charge in [-0.3, -0.25) is 9.59 Å². The van der Waals surface area contributed by atoms with Crippen molar-refractivity contribution < 1.29 is 38.9 Å². The van der Waals surface area contributed by atoms with Crippen LogP contribution >= 0.6 is 0 Å². The first-order valence-corrected chi connectivity index (χ1v) is 14.5. The van der Waals surface area contributed by atoms with Crippen LogP contribution in [0.2, 0.25) is 0 Å². The molecule has 10 heteroatoms. The highest BCUT2D eigenvalue weighted by Gasteiger charge is 2.39. The average Bonchev–Trinajstić information content (AvgIpc) is 3.74. The van der Waals surface area contributed by atoms with Crippen LogP contribution in [-0.4, -0.2) is 83.2 Å². The van der Waals surface area contributed by atoms with Gasteiger partial charge in [0.05, 0.1) is 25.3 Å². The van der Waals surface area contributed by atoms with E-state index in [0.29, 0.717) is 60.3 Å². The van der Waals surface area contributed by atoms with E-state index in [1.54, 1.807) is 60.7 Å². The molecular weight excluding hydrogens is 564 g/mol. The first kappa shape index (κ1) is 29.0. The van der Waals surface area contributed by atoms with E-state index in [0.717, 1.165) is 0 Å². The minimum Gasteiger partial charge on any atom is -0.506 e. The molecule has 2 saturated heterocycles. The number of phenols is 2. The Morgan fingerprint density at radius 3 is 1.43 bits per heavy atom. The zero-order chi connectivity index (χ0) is 31.1. The molecule has 226 valence electrons. The second-order valence-corrected chi connectivity index (χ2v) is 11.1. The molecule has 2 aliphatic heterocycles. The molecule has 10 nitrogen and oxygen atoms in total. The van der Waals surface area contributed by atoms with Crippen molar-refractivity contribution in [1.82, 2.24) is 9.80 Å². The average molecular weight is 597 g/mol. The molecule has 4 aromatic rings. The van der Waals surface area contributed by atoms with Gasteiger partial charge in [-0.15, -0.1) is 0 Å². The zero-order valence-electron chi connectivity index (χ0n) is 24.4. The summed E-state index contributed by atoms with van der Waals surface area (Å²) in [6.07, 6.45) is 2.09. The Balaban J connectivity index is 1.58. The number of hydrogen-bond donors (Lipinski definition) is 2. The fourth-order valence-electron chi connectivity index (χ4n) is 6.60. The number of esters is 2. The Kier molecular flexibility index (Phi) is 7.59. The molecule has 2 aliphatic rings. The third kappa shape index (κ3) is 4.67. The van der Waals surface area contributed by atoms with Crippen LogP contribution in [0.15, 0.2) is 60.7 Å². The van der Waals surface area contributed by atoms with E-state index < -0.39 is 35.8 Å². The Labute approximate surface area is 253 Å². The normalized spacial score (nSPS) is 18.1. The minimum atomic E-state index is -0.778. The monoisotopic (exact) mass is 596 g/mol. The van der Waals surface area contributed by atoms with Gasteiger partial charge in [-0.25, -0.2) is 9.59 Å². The standard InChI is InChI=1S/C34H32N2O8/c1-43-33(41)25-13-7-15-35(25)31(39)23-17-19-9-3-5-11-21(19)27(29(23)37)28-22-12-6-4-10-20(22)18-24(30(28)38)32(40)36-16-8-14-26(36)34(42)44-2/h3-6,9-12,17-18,25-26,37-38H,7-8,13-16H2,1-2H3/t25-,26-/m0/s1. The summed E-state index contributed by atoms with van der Waals surface area (Å²) in [5.41, 5.74) is 0.268. The molecule has 6 rings (SSSR count). The summed E-state index contributed by atoms with van der Waals surface area (Å²) in [5.74, 6) is -2.92. The second-order valence-electron chi connectivity index (χ2n) is 11.1. The van der Waals surface area contributed by atoms with Gasteiger partial charge in [0, 0.05) is 24.2 Å². The molecule has 0 saturated carbocycles. The lowest BCUT2D eigenvalue weighted by Crippen LogP contribution is -2.41. The molecule has 0 bridgehead atoms. The largest absolute Gasteiger partial charge is 0.506 e. The molecule has 2 fully saturated rings. The summed E-state index contributed by atoms with van der Waals surface area (Å²) in [4.78, 5) is 55.6. The fraction of sp³-hybridized carbons (Fsp3) is 0.294. The van der Waals surface area contributed by atoms with Gasteiger partial charge in [0.15, 0.2) is 0 Å². The Morgan fingerprint density at radius 2 is 1.05 bits per heavy atom. The van der Waals surface area contributed by atoms with Crippen molar-refractivity contribution in [2.45, 2.75) is 37.8 Å². The van der Waals surface area contributed by atoms with Crippen molar-refractivity contribution in [3.63, 3.8) is 0 Å². The number of ether oxygens (including phenoxy) is 2. The SMILES string of the molecule is COC(=O)[C@@H]1CCCN1C(=O)c1cc2ccccc2c(-c2c(O)c(C(=O)N3CCC[C@H]3C(=O)OC)cc3ccccc23)c1O. The van der Waals surface area contributed by atoms with Crippen LogP contribution in [0.4, 0.5) is 0 Å². The Morgan fingerprint density at radius 1 is 0.659 bits per heavy atom. The third-order valence-corrected chi connectivity index (χ3v) is 8.73. The van der Waals surface area contributed by atoms with E-state index in [-0.39, 0.29) is 33.8 Å². The summed E-state index contributed by atoms with van der Waals surface area (Å²) in [5, 5.41) is 26.1. The molecule has 44 heavy (non-hydrogen) atoms. The molecule has 2 amide bonds. The molecule has 0 aliphatic carbocycles. The lowest BCUT2D eigenvalue weighted by molar-refractivity contribution is -0.145. The number of likely N-dealkylation sites (tertiary alicyclic amines) is 2. The van der Waals surface area contributed by atoms with Crippen LogP contribution in [0.5, 0.6) is 11.5 Å². The number of carbonyl (C=O) groups excluding carboxylic acids is 4. The molecule has 2 heterocycles. The van der Waals surface area contributed by atoms with Crippen molar-refractivity contribution in [3.05, 3.63) is 71.8 Å². The molecule has 2 atom stereocenters. The summed E-state index contributed by atoms with van der Waals surface area (Å²) >= 11 is 0. The van der Waals surface area contributed by atoms with Crippen LogP contribution in [0.1, 0.15) is 46.4 Å². The summed E-state index contributed by atoms with van der Waals surface area (Å²) in [6.45, 7) is 0.630. The number of benzene rings is 4. The highest BCUT2D eigenvalue weighted by Crippen LogP contribution is 2.48. The van der Waals surface area contributed by atoms with Gasteiger partial charge in [-0.05, 0) is 59.4 Å². The number of nitrogens with zero attached hydrogens (tertiary/aromatic N) is 2. The number of hydrogen-bond acceptors (Lipinski definition) is 8. The van der Waals surface area contributed by atoms with Gasteiger partial charge < -0.3 is 29.5 Å². The maximum atomic E-state index is 13.9. The summed E-state index contributed by atoms with van der Waals surface area (Å²) in [7, 11) is 2.54. The number of phenolic OH excluding ortho intramolecular Hbond substituents is 2. The molecule has 0 aromatic heterocycles. The van der Waals surface area contributed by atoms with Crippen LogP contribution in [-0.2, 0) is 19.1 Å². The van der Waals surface area contributed by atoms with E-state index in [4.69, 9.17) is 9.47 Å². The van der Waals surface area contributed by atoms with Crippen molar-refractivity contribution in [1.29, 1.82) is 0 Å². The van der Waals surface area contributed by atoms with Gasteiger partial charge in [0.25, 0.3) is 11.8 Å². The maximum absolute atomic E-state index is 13.9. The Bertz CT molecular complexity index is 1700. The molecule has 0 spiro atoms. The smallest absolute Gasteiger partial charge is 0.328 e. The van der Waals surface area contributed by atoms with Gasteiger partial charge >= 0.3 is 11.9 Å². The highest BCUT2D eigenvalue weighted by atomic mass is 16.5. The number of carbonyl (C=O) groups is 4. The number of rotatable bonds is 5. The van der Waals surface area contributed by atoms with Crippen molar-refractivity contribution in [3.8, 4) is 22.6 Å². The van der Waals surface area contributed by atoms with Crippen LogP contribution in [0.25, 0.3) is 32.7 Å². The van der Waals surface area contributed by atoms with Crippen molar-refractivity contribution >= 4 is 45.3 Å². The first-order chi connectivity index (χ1) is 21.3. The van der Waals surface area contributed by atoms with Crippen LogP contribution in [0, 0.1) is 0 Å². The Hall–Kier alpha value is -5.12. The van der Waals surface area contributed by atoms with Crippen molar-refractivity contribution in [2.75, 3.05) is 27.3 Å². The lowest BCUT2D eigenvalue weighted by atomic mass is 9.88. The number of aromatic hydroxyl groups is 2. The number of fused-ring (bicyclic) bond motifs is 2. The minimum absolute atomic E-state index is 0.0417. The predicted molar refractivity (Wildman–Crippen MR) is 162 cm³/mol. The van der Waals surface area contributed by atoms with E-state index in [1.165, 1.54) is 24.0 Å². The highest BCUT2D eigenvalue weighted by molar-refractivity contribution is 6.17. The zero-order valence-corrected chi connectivity index (χ0v) is 24.4.